The fraction of sp³-hybridized carbons (Fsp3) is 0.364. The Morgan fingerprint density at radius 1 is 0.840 bits per heavy atom. The van der Waals surface area contributed by atoms with Gasteiger partial charge in [0, 0.05) is 0 Å². The van der Waals surface area contributed by atoms with Crippen molar-refractivity contribution >= 4 is 18.7 Å². The molecule has 0 spiro atoms. The number of hydrogen-bond acceptors (Lipinski definition) is 2. The van der Waals surface area contributed by atoms with E-state index in [1.54, 1.807) is 0 Å². The monoisotopic (exact) mass is 334 g/mol. The largest absolute Gasteiger partial charge is 0.494 e. The van der Waals surface area contributed by atoms with E-state index in [0.29, 0.717) is 5.92 Å². The second kappa shape index (κ2) is 6.82. The molecular weight excluding hydrogens is 307 g/mol. The lowest BCUT2D eigenvalue weighted by atomic mass is 9.79. The van der Waals surface area contributed by atoms with Crippen LogP contribution in [0.5, 0.6) is 0 Å². The van der Waals surface area contributed by atoms with E-state index in [-0.39, 0.29) is 18.3 Å². The molecule has 0 unspecified atom stereocenters. The Morgan fingerprint density at radius 2 is 1.40 bits per heavy atom. The number of allylic oxidation sites excluding steroid dienone is 1. The van der Waals surface area contributed by atoms with Crippen LogP contribution in [0.2, 0.25) is 0 Å². The SMILES string of the molecule is C[C@@H](/C=C/c1ccc(B2OC(C)(C)C(C)(C)O2)cc1)c1ccccc1. The smallest absolute Gasteiger partial charge is 0.399 e. The summed E-state index contributed by atoms with van der Waals surface area (Å²) in [6.07, 6.45) is 4.41. The van der Waals surface area contributed by atoms with Gasteiger partial charge in [-0.2, -0.15) is 0 Å². The minimum absolute atomic E-state index is 0.300. The molecule has 25 heavy (non-hydrogen) atoms. The molecule has 1 fully saturated rings. The Morgan fingerprint density at radius 3 is 1.96 bits per heavy atom. The normalized spacial score (nSPS) is 20.1. The summed E-state index contributed by atoms with van der Waals surface area (Å²) in [6, 6.07) is 19.0. The van der Waals surface area contributed by atoms with E-state index in [4.69, 9.17) is 9.31 Å². The summed E-state index contributed by atoms with van der Waals surface area (Å²) in [4.78, 5) is 0. The van der Waals surface area contributed by atoms with Gasteiger partial charge in [-0.1, -0.05) is 73.7 Å². The van der Waals surface area contributed by atoms with Crippen molar-refractivity contribution in [2.24, 2.45) is 0 Å². The second-order valence-corrected chi connectivity index (χ2v) is 7.81. The van der Waals surface area contributed by atoms with E-state index in [1.807, 2.05) is 6.07 Å². The Hall–Kier alpha value is -1.84. The zero-order chi connectivity index (χ0) is 18.1. The quantitative estimate of drug-likeness (QED) is 0.748. The first kappa shape index (κ1) is 18.0. The summed E-state index contributed by atoms with van der Waals surface area (Å²) >= 11 is 0. The van der Waals surface area contributed by atoms with Gasteiger partial charge in [0.05, 0.1) is 11.2 Å². The van der Waals surface area contributed by atoms with Crippen molar-refractivity contribution in [1.82, 2.24) is 0 Å². The summed E-state index contributed by atoms with van der Waals surface area (Å²) in [5, 5.41) is 0. The zero-order valence-corrected chi connectivity index (χ0v) is 15.8. The lowest BCUT2D eigenvalue weighted by Gasteiger charge is -2.32. The van der Waals surface area contributed by atoms with Crippen molar-refractivity contribution in [2.75, 3.05) is 0 Å². The van der Waals surface area contributed by atoms with Crippen molar-refractivity contribution in [3.63, 3.8) is 0 Å². The van der Waals surface area contributed by atoms with Gasteiger partial charge in [-0.3, -0.25) is 0 Å². The van der Waals surface area contributed by atoms with E-state index in [9.17, 15) is 0 Å². The van der Waals surface area contributed by atoms with Crippen LogP contribution in [0, 0.1) is 0 Å². The standard InChI is InChI=1S/C22H27BO2/c1-17(19-9-7-6-8-10-19)11-12-18-13-15-20(16-14-18)23-24-21(2,3)22(4,5)25-23/h6-17H,1-5H3/b12-11+/t17-/m0/s1. The third-order valence-electron chi connectivity index (χ3n) is 5.36. The van der Waals surface area contributed by atoms with Gasteiger partial charge in [0.15, 0.2) is 0 Å². The van der Waals surface area contributed by atoms with Gasteiger partial charge in [-0.25, -0.2) is 0 Å². The molecule has 0 radical (unpaired) electrons. The fourth-order valence-corrected chi connectivity index (χ4v) is 2.87. The van der Waals surface area contributed by atoms with Crippen LogP contribution in [0.4, 0.5) is 0 Å². The minimum atomic E-state index is -0.304. The number of rotatable bonds is 4. The Kier molecular flexibility index (Phi) is 4.90. The van der Waals surface area contributed by atoms with Crippen LogP contribution in [0.25, 0.3) is 6.08 Å². The molecule has 2 aromatic rings. The molecule has 0 bridgehead atoms. The minimum Gasteiger partial charge on any atom is -0.399 e. The molecule has 1 aliphatic heterocycles. The van der Waals surface area contributed by atoms with Crippen molar-refractivity contribution in [3.05, 3.63) is 71.8 Å². The molecule has 3 rings (SSSR count). The first-order chi connectivity index (χ1) is 11.8. The van der Waals surface area contributed by atoms with E-state index in [2.05, 4.69) is 95.3 Å². The maximum Gasteiger partial charge on any atom is 0.494 e. The van der Waals surface area contributed by atoms with E-state index < -0.39 is 0 Å². The van der Waals surface area contributed by atoms with E-state index in [1.165, 1.54) is 11.1 Å². The number of benzene rings is 2. The number of hydrogen-bond donors (Lipinski definition) is 0. The Bertz CT molecular complexity index is 716. The highest BCUT2D eigenvalue weighted by atomic mass is 16.7. The highest BCUT2D eigenvalue weighted by Crippen LogP contribution is 2.36. The van der Waals surface area contributed by atoms with Crippen molar-refractivity contribution in [1.29, 1.82) is 0 Å². The molecule has 2 aromatic carbocycles. The zero-order valence-electron chi connectivity index (χ0n) is 15.8. The molecule has 0 aliphatic carbocycles. The maximum atomic E-state index is 6.11. The van der Waals surface area contributed by atoms with Gasteiger partial charge in [0.25, 0.3) is 0 Å². The molecule has 1 aliphatic rings. The van der Waals surface area contributed by atoms with Crippen molar-refractivity contribution < 1.29 is 9.31 Å². The van der Waals surface area contributed by atoms with Gasteiger partial charge >= 0.3 is 7.12 Å². The highest BCUT2D eigenvalue weighted by molar-refractivity contribution is 6.62. The van der Waals surface area contributed by atoms with E-state index in [0.717, 1.165) is 5.46 Å². The molecule has 0 amide bonds. The molecule has 0 N–H and O–H groups in total. The van der Waals surface area contributed by atoms with Crippen LogP contribution in [0.3, 0.4) is 0 Å². The van der Waals surface area contributed by atoms with Crippen LogP contribution in [0.1, 0.15) is 51.7 Å². The average molecular weight is 334 g/mol. The molecule has 3 heteroatoms. The van der Waals surface area contributed by atoms with Gasteiger partial charge in [0.1, 0.15) is 0 Å². The fourth-order valence-electron chi connectivity index (χ4n) is 2.87. The first-order valence-corrected chi connectivity index (χ1v) is 8.97. The second-order valence-electron chi connectivity index (χ2n) is 7.81. The van der Waals surface area contributed by atoms with Crippen LogP contribution >= 0.6 is 0 Å². The highest BCUT2D eigenvalue weighted by Gasteiger charge is 2.51. The van der Waals surface area contributed by atoms with E-state index >= 15 is 0 Å². The Labute approximate surface area is 152 Å². The van der Waals surface area contributed by atoms with Crippen LogP contribution in [0.15, 0.2) is 60.7 Å². The molecule has 0 saturated carbocycles. The summed E-state index contributed by atoms with van der Waals surface area (Å²) in [5.41, 5.74) is 2.96. The first-order valence-electron chi connectivity index (χ1n) is 8.97. The summed E-state index contributed by atoms with van der Waals surface area (Å²) in [7, 11) is -0.300. The molecule has 1 atom stereocenters. The molecule has 2 nitrogen and oxygen atoms in total. The predicted octanol–water partition coefficient (Wildman–Crippen LogP) is 4.80. The van der Waals surface area contributed by atoms with Gasteiger partial charge < -0.3 is 9.31 Å². The predicted molar refractivity (Wildman–Crippen MR) is 106 cm³/mol. The summed E-state index contributed by atoms with van der Waals surface area (Å²) in [6.45, 7) is 10.5. The van der Waals surface area contributed by atoms with Gasteiger partial charge in [-0.15, -0.1) is 0 Å². The lowest BCUT2D eigenvalue weighted by molar-refractivity contribution is 0.00578. The van der Waals surface area contributed by atoms with Gasteiger partial charge in [-0.05, 0) is 50.2 Å². The molecule has 130 valence electrons. The third kappa shape index (κ3) is 3.89. The van der Waals surface area contributed by atoms with Crippen LogP contribution in [-0.2, 0) is 9.31 Å². The average Bonchev–Trinajstić information content (AvgIpc) is 2.82. The third-order valence-corrected chi connectivity index (χ3v) is 5.36. The molecule has 0 aromatic heterocycles. The molecule has 1 heterocycles. The van der Waals surface area contributed by atoms with Crippen LogP contribution < -0.4 is 5.46 Å². The Balaban J connectivity index is 1.68. The lowest BCUT2D eigenvalue weighted by Crippen LogP contribution is -2.41. The van der Waals surface area contributed by atoms with Crippen molar-refractivity contribution in [3.8, 4) is 0 Å². The topological polar surface area (TPSA) is 18.5 Å². The molecular formula is C22H27BO2. The summed E-state index contributed by atoms with van der Waals surface area (Å²) < 4.78 is 12.2. The van der Waals surface area contributed by atoms with Crippen LogP contribution in [-0.4, -0.2) is 18.3 Å². The molecule has 1 saturated heterocycles. The van der Waals surface area contributed by atoms with Crippen molar-refractivity contribution in [2.45, 2.75) is 51.7 Å². The van der Waals surface area contributed by atoms with Gasteiger partial charge in [0.2, 0.25) is 0 Å². The summed E-state index contributed by atoms with van der Waals surface area (Å²) in [5.74, 6) is 0.393. The maximum absolute atomic E-state index is 6.11.